The van der Waals surface area contributed by atoms with Crippen LogP contribution in [0.15, 0.2) is 38.9 Å². The van der Waals surface area contributed by atoms with E-state index in [2.05, 4.69) is 14.7 Å². The van der Waals surface area contributed by atoms with Gasteiger partial charge in [0, 0.05) is 24.7 Å². The highest BCUT2D eigenvalue weighted by molar-refractivity contribution is 7.89. The molecule has 3 heterocycles. The summed E-state index contributed by atoms with van der Waals surface area (Å²) >= 11 is 0. The predicted octanol–water partition coefficient (Wildman–Crippen LogP) is -0.0470. The van der Waals surface area contributed by atoms with Crippen LogP contribution in [-0.4, -0.2) is 43.8 Å². The van der Waals surface area contributed by atoms with E-state index in [1.807, 2.05) is 11.0 Å². The highest BCUT2D eigenvalue weighted by Crippen LogP contribution is 2.23. The summed E-state index contributed by atoms with van der Waals surface area (Å²) in [7, 11) is -3.67. The van der Waals surface area contributed by atoms with Crippen LogP contribution in [0, 0.1) is 0 Å². The lowest BCUT2D eigenvalue weighted by molar-refractivity contribution is 0.421. The second kappa shape index (κ2) is 4.21. The first-order valence-corrected chi connectivity index (χ1v) is 7.01. The fraction of sp³-hybridized carbons (Fsp3) is 0.400. The second-order valence-corrected chi connectivity index (χ2v) is 5.74. The summed E-state index contributed by atoms with van der Waals surface area (Å²) in [5, 5.41) is -0.296. The third-order valence-electron chi connectivity index (χ3n) is 2.86. The molecule has 18 heavy (non-hydrogen) atoms. The fourth-order valence-corrected chi connectivity index (χ4v) is 3.19. The molecule has 1 atom stereocenters. The number of hydrogen-bond donors (Lipinski definition) is 1. The summed E-state index contributed by atoms with van der Waals surface area (Å²) in [6.07, 6.45) is 6.95. The van der Waals surface area contributed by atoms with Gasteiger partial charge in [0.25, 0.3) is 10.0 Å². The van der Waals surface area contributed by atoms with Gasteiger partial charge in [-0.3, -0.25) is 4.99 Å². The normalized spacial score (nSPS) is 23.0. The van der Waals surface area contributed by atoms with Gasteiger partial charge in [0.1, 0.15) is 6.26 Å². The van der Waals surface area contributed by atoms with Crippen LogP contribution >= 0.6 is 0 Å². The van der Waals surface area contributed by atoms with Gasteiger partial charge in [-0.1, -0.05) is 0 Å². The number of hydrogen-bond acceptors (Lipinski definition) is 6. The molecule has 0 amide bonds. The van der Waals surface area contributed by atoms with E-state index in [1.165, 1.54) is 12.5 Å². The third kappa shape index (κ3) is 2.04. The van der Waals surface area contributed by atoms with E-state index in [4.69, 9.17) is 4.42 Å². The van der Waals surface area contributed by atoms with E-state index in [9.17, 15) is 8.42 Å². The van der Waals surface area contributed by atoms with Crippen LogP contribution in [-0.2, 0) is 10.0 Å². The van der Waals surface area contributed by atoms with Crippen molar-refractivity contribution in [3.05, 3.63) is 24.2 Å². The predicted molar refractivity (Wildman–Crippen MR) is 63.4 cm³/mol. The Morgan fingerprint density at radius 3 is 3.11 bits per heavy atom. The highest BCUT2D eigenvalue weighted by atomic mass is 32.2. The Kier molecular flexibility index (Phi) is 2.67. The van der Waals surface area contributed by atoms with Gasteiger partial charge in [-0.05, 0) is 6.08 Å². The molecule has 1 aromatic heterocycles. The molecule has 2 aliphatic heterocycles. The summed E-state index contributed by atoms with van der Waals surface area (Å²) in [6.45, 7) is 1.24. The Labute approximate surface area is 104 Å². The monoisotopic (exact) mass is 268 g/mol. The smallest absolute Gasteiger partial charge is 0.330 e. The van der Waals surface area contributed by atoms with Crippen molar-refractivity contribution in [2.24, 2.45) is 4.99 Å². The molecule has 1 saturated heterocycles. The van der Waals surface area contributed by atoms with Crippen LogP contribution < -0.4 is 4.72 Å². The van der Waals surface area contributed by atoms with Crippen LogP contribution in [0.2, 0.25) is 0 Å². The molecule has 0 radical (unpaired) electrons. The van der Waals surface area contributed by atoms with Gasteiger partial charge < -0.3 is 9.32 Å². The van der Waals surface area contributed by atoms with Gasteiger partial charge in [-0.25, -0.2) is 18.1 Å². The van der Waals surface area contributed by atoms with Crippen LogP contribution in [0.1, 0.15) is 6.42 Å². The molecule has 0 aromatic carbocycles. The van der Waals surface area contributed by atoms with Crippen molar-refractivity contribution >= 4 is 16.4 Å². The molecular weight excluding hydrogens is 256 g/mol. The summed E-state index contributed by atoms with van der Waals surface area (Å²) < 4.78 is 31.2. The van der Waals surface area contributed by atoms with Crippen molar-refractivity contribution in [2.45, 2.75) is 17.7 Å². The van der Waals surface area contributed by atoms with E-state index in [0.29, 0.717) is 19.5 Å². The molecular formula is C10H12N4O3S. The number of nitrogens with zero attached hydrogens (tertiary/aromatic N) is 3. The molecule has 96 valence electrons. The van der Waals surface area contributed by atoms with Gasteiger partial charge in [-0.2, -0.15) is 0 Å². The highest BCUT2D eigenvalue weighted by Gasteiger charge is 2.31. The van der Waals surface area contributed by atoms with Gasteiger partial charge >= 0.3 is 5.22 Å². The van der Waals surface area contributed by atoms with Crippen molar-refractivity contribution in [1.82, 2.24) is 14.6 Å². The maximum Gasteiger partial charge on any atom is 0.330 e. The number of aromatic nitrogens is 1. The Morgan fingerprint density at radius 1 is 1.50 bits per heavy atom. The lowest BCUT2D eigenvalue weighted by Gasteiger charge is -2.16. The minimum atomic E-state index is -3.67. The van der Waals surface area contributed by atoms with Crippen molar-refractivity contribution in [2.75, 3.05) is 13.1 Å². The zero-order valence-corrected chi connectivity index (χ0v) is 10.3. The van der Waals surface area contributed by atoms with Crippen LogP contribution in [0.25, 0.3) is 0 Å². The maximum absolute atomic E-state index is 11.9. The largest absolute Gasteiger partial charge is 0.436 e. The SMILES string of the molecule is O=S(=O)(N[C@H]1CC2=CCN=CN2C1)c1ncco1. The fourth-order valence-electron chi connectivity index (χ4n) is 2.11. The van der Waals surface area contributed by atoms with Crippen LogP contribution in [0.3, 0.4) is 0 Å². The summed E-state index contributed by atoms with van der Waals surface area (Å²) in [4.78, 5) is 9.72. The van der Waals surface area contributed by atoms with E-state index in [1.54, 1.807) is 6.34 Å². The Hall–Kier alpha value is -1.67. The molecule has 1 fully saturated rings. The standard InChI is InChI=1S/C10H12N4O3S/c15-18(16,10-12-3-4-17-10)13-8-5-9-1-2-11-7-14(9)6-8/h1,3-4,7-8,13H,2,5-6H2/t8-/m0/s1. The van der Waals surface area contributed by atoms with Crippen molar-refractivity contribution < 1.29 is 12.8 Å². The molecule has 1 aromatic rings. The Balaban J connectivity index is 1.73. The van der Waals surface area contributed by atoms with Crippen molar-refractivity contribution in [3.8, 4) is 0 Å². The number of rotatable bonds is 3. The molecule has 8 heteroatoms. The van der Waals surface area contributed by atoms with Gasteiger partial charge in [0.2, 0.25) is 0 Å². The first-order valence-electron chi connectivity index (χ1n) is 5.52. The molecule has 0 unspecified atom stereocenters. The Morgan fingerprint density at radius 2 is 2.39 bits per heavy atom. The Bertz CT molecular complexity index is 591. The second-order valence-electron chi connectivity index (χ2n) is 4.15. The van der Waals surface area contributed by atoms with E-state index in [0.717, 1.165) is 5.70 Å². The summed E-state index contributed by atoms with van der Waals surface area (Å²) in [5.41, 5.74) is 1.10. The third-order valence-corrected chi connectivity index (χ3v) is 4.16. The van der Waals surface area contributed by atoms with Gasteiger partial charge in [-0.15, -0.1) is 0 Å². The van der Waals surface area contributed by atoms with Crippen LogP contribution in [0.4, 0.5) is 0 Å². The first kappa shape index (κ1) is 11.4. The molecule has 1 N–H and O–H groups in total. The lowest BCUT2D eigenvalue weighted by Crippen LogP contribution is -2.37. The molecule has 2 aliphatic rings. The zero-order chi connectivity index (χ0) is 12.6. The molecule has 0 saturated carbocycles. The number of nitrogens with one attached hydrogen (secondary N) is 1. The quantitative estimate of drug-likeness (QED) is 0.830. The molecule has 0 bridgehead atoms. The number of sulfonamides is 1. The van der Waals surface area contributed by atoms with Gasteiger partial charge in [0.05, 0.1) is 19.1 Å². The van der Waals surface area contributed by atoms with E-state index in [-0.39, 0.29) is 11.3 Å². The van der Waals surface area contributed by atoms with Crippen molar-refractivity contribution in [3.63, 3.8) is 0 Å². The first-order chi connectivity index (χ1) is 8.65. The summed E-state index contributed by atoms with van der Waals surface area (Å²) in [6, 6.07) is -0.183. The minimum Gasteiger partial charge on any atom is -0.436 e. The molecule has 0 spiro atoms. The maximum atomic E-state index is 11.9. The average Bonchev–Trinajstić information content (AvgIpc) is 2.96. The topological polar surface area (TPSA) is 87.8 Å². The number of fused-ring (bicyclic) bond motifs is 1. The molecule has 3 rings (SSSR count). The number of aliphatic imine (C=N–C) groups is 1. The lowest BCUT2D eigenvalue weighted by atomic mass is 10.2. The minimum absolute atomic E-state index is 0.183. The zero-order valence-electron chi connectivity index (χ0n) is 9.48. The average molecular weight is 268 g/mol. The van der Waals surface area contributed by atoms with E-state index >= 15 is 0 Å². The molecule has 7 nitrogen and oxygen atoms in total. The van der Waals surface area contributed by atoms with Gasteiger partial charge in [0.15, 0.2) is 0 Å². The van der Waals surface area contributed by atoms with Crippen LogP contribution in [0.5, 0.6) is 0 Å². The van der Waals surface area contributed by atoms with E-state index < -0.39 is 10.0 Å². The summed E-state index contributed by atoms with van der Waals surface area (Å²) in [5.74, 6) is 0. The number of oxazole rings is 1. The molecule has 0 aliphatic carbocycles. The van der Waals surface area contributed by atoms with Crippen molar-refractivity contribution in [1.29, 1.82) is 0 Å².